The summed E-state index contributed by atoms with van der Waals surface area (Å²) in [4.78, 5) is 2.65. The Morgan fingerprint density at radius 1 is 1.44 bits per heavy atom. The zero-order chi connectivity index (χ0) is 12.1. The molecule has 1 rings (SSSR count). The average Bonchev–Trinajstić information content (AvgIpc) is 2.26. The van der Waals surface area contributed by atoms with E-state index in [2.05, 4.69) is 18.7 Å². The van der Waals surface area contributed by atoms with Crippen LogP contribution >= 0.6 is 23.8 Å². The molecule has 0 bridgehead atoms. The van der Waals surface area contributed by atoms with Crippen LogP contribution in [0, 0.1) is 0 Å². The van der Waals surface area contributed by atoms with Gasteiger partial charge in [-0.15, -0.1) is 0 Å². The molecule has 1 aromatic carbocycles. The first kappa shape index (κ1) is 13.3. The van der Waals surface area contributed by atoms with Crippen molar-refractivity contribution in [1.29, 1.82) is 0 Å². The summed E-state index contributed by atoms with van der Waals surface area (Å²) in [5, 5.41) is 0.666. The third-order valence-corrected chi connectivity index (χ3v) is 2.90. The Kier molecular flexibility index (Phi) is 5.03. The van der Waals surface area contributed by atoms with E-state index in [9.17, 15) is 0 Å². The fraction of sp³-hybridized carbons (Fsp3) is 0.417. The van der Waals surface area contributed by atoms with Gasteiger partial charge < -0.3 is 10.6 Å². The molecular weight excluding hydrogens is 240 g/mol. The SMILES string of the molecule is CCCN(CC)c1ccc(Cl)cc1C(N)=S. The molecule has 88 valence electrons. The number of rotatable bonds is 5. The van der Waals surface area contributed by atoms with Crippen molar-refractivity contribution in [2.45, 2.75) is 20.3 Å². The molecule has 2 nitrogen and oxygen atoms in total. The summed E-state index contributed by atoms with van der Waals surface area (Å²) >= 11 is 11.0. The number of anilines is 1. The number of hydrogen-bond acceptors (Lipinski definition) is 2. The number of thiocarbonyl (C=S) groups is 1. The van der Waals surface area contributed by atoms with Crippen molar-refractivity contribution in [1.82, 2.24) is 0 Å². The Morgan fingerprint density at radius 3 is 2.62 bits per heavy atom. The summed E-state index contributed by atoms with van der Waals surface area (Å²) in [6, 6.07) is 5.69. The maximum Gasteiger partial charge on any atom is 0.106 e. The first-order valence-corrected chi connectivity index (χ1v) is 6.23. The molecular formula is C12H17ClN2S. The van der Waals surface area contributed by atoms with Crippen LogP contribution in [0.15, 0.2) is 18.2 Å². The van der Waals surface area contributed by atoms with E-state index in [0.29, 0.717) is 10.0 Å². The fourth-order valence-electron chi connectivity index (χ4n) is 1.70. The van der Waals surface area contributed by atoms with E-state index in [1.807, 2.05) is 18.2 Å². The highest BCUT2D eigenvalue weighted by Gasteiger charge is 2.11. The van der Waals surface area contributed by atoms with Crippen molar-refractivity contribution in [2.75, 3.05) is 18.0 Å². The second kappa shape index (κ2) is 6.06. The van der Waals surface area contributed by atoms with E-state index in [4.69, 9.17) is 29.6 Å². The number of hydrogen-bond donors (Lipinski definition) is 1. The topological polar surface area (TPSA) is 29.3 Å². The van der Waals surface area contributed by atoms with Crippen LogP contribution < -0.4 is 10.6 Å². The lowest BCUT2D eigenvalue weighted by atomic mass is 10.1. The minimum atomic E-state index is 0.395. The molecule has 2 N–H and O–H groups in total. The van der Waals surface area contributed by atoms with Crippen LogP contribution in [0.1, 0.15) is 25.8 Å². The molecule has 0 saturated heterocycles. The molecule has 0 aromatic heterocycles. The second-order valence-electron chi connectivity index (χ2n) is 3.61. The minimum absolute atomic E-state index is 0.395. The summed E-state index contributed by atoms with van der Waals surface area (Å²) in [6.45, 7) is 6.20. The molecule has 0 amide bonds. The van der Waals surface area contributed by atoms with E-state index in [1.54, 1.807) is 0 Å². The van der Waals surface area contributed by atoms with E-state index in [-0.39, 0.29) is 0 Å². The number of nitrogens with two attached hydrogens (primary N) is 1. The van der Waals surface area contributed by atoms with Gasteiger partial charge in [0.1, 0.15) is 4.99 Å². The number of nitrogens with zero attached hydrogens (tertiary/aromatic N) is 1. The number of benzene rings is 1. The molecule has 0 aliphatic carbocycles. The van der Waals surface area contributed by atoms with Crippen molar-refractivity contribution in [3.63, 3.8) is 0 Å². The first-order chi connectivity index (χ1) is 7.60. The fourth-order valence-corrected chi connectivity index (χ4v) is 2.04. The number of halogens is 1. The van der Waals surface area contributed by atoms with E-state index < -0.39 is 0 Å². The van der Waals surface area contributed by atoms with Gasteiger partial charge in [-0.3, -0.25) is 0 Å². The third-order valence-electron chi connectivity index (χ3n) is 2.44. The molecule has 0 spiro atoms. The Balaban J connectivity index is 3.14. The van der Waals surface area contributed by atoms with Crippen molar-refractivity contribution in [3.8, 4) is 0 Å². The van der Waals surface area contributed by atoms with E-state index >= 15 is 0 Å². The molecule has 0 atom stereocenters. The molecule has 0 fully saturated rings. The highest BCUT2D eigenvalue weighted by Crippen LogP contribution is 2.24. The summed E-state index contributed by atoms with van der Waals surface area (Å²) in [6.07, 6.45) is 1.09. The van der Waals surface area contributed by atoms with Crippen LogP contribution in [0.4, 0.5) is 5.69 Å². The van der Waals surface area contributed by atoms with Crippen LogP contribution in [0.5, 0.6) is 0 Å². The quantitative estimate of drug-likeness (QED) is 0.821. The van der Waals surface area contributed by atoms with Gasteiger partial charge in [-0.05, 0) is 31.5 Å². The maximum absolute atomic E-state index is 5.95. The van der Waals surface area contributed by atoms with Crippen LogP contribution in [0.25, 0.3) is 0 Å². The molecule has 0 radical (unpaired) electrons. The van der Waals surface area contributed by atoms with Crippen LogP contribution in [-0.4, -0.2) is 18.1 Å². The Labute approximate surface area is 107 Å². The zero-order valence-electron chi connectivity index (χ0n) is 9.66. The van der Waals surface area contributed by atoms with Crippen LogP contribution in [-0.2, 0) is 0 Å². The van der Waals surface area contributed by atoms with Gasteiger partial charge in [-0.25, -0.2) is 0 Å². The summed E-state index contributed by atoms with van der Waals surface area (Å²) in [7, 11) is 0. The van der Waals surface area contributed by atoms with Crippen LogP contribution in [0.2, 0.25) is 5.02 Å². The predicted molar refractivity (Wildman–Crippen MR) is 75.5 cm³/mol. The Hall–Kier alpha value is -0.800. The van der Waals surface area contributed by atoms with E-state index in [0.717, 1.165) is 30.8 Å². The third kappa shape index (κ3) is 3.09. The Morgan fingerprint density at radius 2 is 2.12 bits per heavy atom. The maximum atomic E-state index is 5.95. The lowest BCUT2D eigenvalue weighted by Gasteiger charge is -2.25. The van der Waals surface area contributed by atoms with Gasteiger partial charge in [0, 0.05) is 29.4 Å². The highest BCUT2D eigenvalue weighted by molar-refractivity contribution is 7.80. The molecule has 0 saturated carbocycles. The van der Waals surface area contributed by atoms with Crippen molar-refractivity contribution >= 4 is 34.5 Å². The van der Waals surface area contributed by atoms with Crippen molar-refractivity contribution in [2.24, 2.45) is 5.73 Å². The molecule has 1 aromatic rings. The summed E-state index contributed by atoms with van der Waals surface area (Å²) in [5.74, 6) is 0. The van der Waals surface area contributed by atoms with Crippen molar-refractivity contribution in [3.05, 3.63) is 28.8 Å². The molecule has 16 heavy (non-hydrogen) atoms. The lowest BCUT2D eigenvalue weighted by Crippen LogP contribution is -2.26. The van der Waals surface area contributed by atoms with Crippen LogP contribution in [0.3, 0.4) is 0 Å². The van der Waals surface area contributed by atoms with Gasteiger partial charge in [0.2, 0.25) is 0 Å². The molecule has 0 aliphatic rings. The van der Waals surface area contributed by atoms with Gasteiger partial charge in [0.15, 0.2) is 0 Å². The normalized spacial score (nSPS) is 10.2. The molecule has 0 heterocycles. The van der Waals surface area contributed by atoms with Gasteiger partial charge in [-0.1, -0.05) is 30.7 Å². The lowest BCUT2D eigenvalue weighted by molar-refractivity contribution is 0.791. The molecule has 4 heteroatoms. The minimum Gasteiger partial charge on any atom is -0.389 e. The predicted octanol–water partition coefficient (Wildman–Crippen LogP) is 3.21. The zero-order valence-corrected chi connectivity index (χ0v) is 11.2. The molecule has 0 unspecified atom stereocenters. The van der Waals surface area contributed by atoms with Gasteiger partial charge in [0.05, 0.1) is 0 Å². The van der Waals surface area contributed by atoms with E-state index in [1.165, 1.54) is 0 Å². The van der Waals surface area contributed by atoms with Gasteiger partial charge in [-0.2, -0.15) is 0 Å². The smallest absolute Gasteiger partial charge is 0.106 e. The first-order valence-electron chi connectivity index (χ1n) is 5.44. The average molecular weight is 257 g/mol. The summed E-state index contributed by atoms with van der Waals surface area (Å²) in [5.41, 5.74) is 7.65. The van der Waals surface area contributed by atoms with Gasteiger partial charge >= 0.3 is 0 Å². The standard InChI is InChI=1S/C12H17ClN2S/c1-3-7-15(4-2)11-6-5-9(13)8-10(11)12(14)16/h5-6,8H,3-4,7H2,1-2H3,(H2,14,16). The van der Waals surface area contributed by atoms with Crippen molar-refractivity contribution < 1.29 is 0 Å². The second-order valence-corrected chi connectivity index (χ2v) is 4.48. The monoisotopic (exact) mass is 256 g/mol. The largest absolute Gasteiger partial charge is 0.389 e. The highest BCUT2D eigenvalue weighted by atomic mass is 35.5. The summed E-state index contributed by atoms with van der Waals surface area (Å²) < 4.78 is 0. The Bertz CT molecular complexity index is 379. The van der Waals surface area contributed by atoms with Gasteiger partial charge in [0.25, 0.3) is 0 Å². The molecule has 0 aliphatic heterocycles.